The van der Waals surface area contributed by atoms with Crippen LogP contribution in [0.3, 0.4) is 0 Å². The maximum atomic E-state index is 9.53. The van der Waals surface area contributed by atoms with Crippen molar-refractivity contribution >= 4 is 15.9 Å². The monoisotopic (exact) mass is 410 g/mol. The molecule has 2 heterocycles. The highest BCUT2D eigenvalue weighted by Crippen LogP contribution is 2.31. The summed E-state index contributed by atoms with van der Waals surface area (Å²) in [7, 11) is 1.51. The van der Waals surface area contributed by atoms with E-state index >= 15 is 0 Å². The summed E-state index contributed by atoms with van der Waals surface area (Å²) in [5, 5.41) is 26.8. The molecule has 3 rings (SSSR count). The molecule has 0 amide bonds. The van der Waals surface area contributed by atoms with Gasteiger partial charge in [0.2, 0.25) is 0 Å². The number of aromatic nitrogens is 2. The molecule has 0 aliphatic rings. The number of hydrogen-bond acceptors (Lipinski definition) is 8. The first-order valence-electron chi connectivity index (χ1n) is 7.27. The van der Waals surface area contributed by atoms with Crippen molar-refractivity contribution in [2.75, 3.05) is 7.11 Å². The zero-order valence-corrected chi connectivity index (χ0v) is 14.8. The molecule has 132 valence electrons. The van der Waals surface area contributed by atoms with E-state index in [4.69, 9.17) is 18.3 Å². The Balaban J connectivity index is 1.78. The third kappa shape index (κ3) is 3.84. The van der Waals surface area contributed by atoms with E-state index in [1.54, 1.807) is 24.3 Å². The van der Waals surface area contributed by atoms with Gasteiger partial charge in [-0.05, 0) is 40.2 Å². The maximum absolute atomic E-state index is 9.53. The summed E-state index contributed by atoms with van der Waals surface area (Å²) in [6.45, 7) is -0.564. The van der Waals surface area contributed by atoms with Crippen LogP contribution in [0.25, 0.3) is 11.7 Å². The Morgan fingerprint density at radius 1 is 1.08 bits per heavy atom. The van der Waals surface area contributed by atoms with Crippen LogP contribution in [0.4, 0.5) is 0 Å². The van der Waals surface area contributed by atoms with Gasteiger partial charge in [-0.2, -0.15) is 0 Å². The number of rotatable bonds is 7. The normalized spacial score (nSPS) is 10.9. The first-order chi connectivity index (χ1) is 12.1. The van der Waals surface area contributed by atoms with Gasteiger partial charge in [-0.15, -0.1) is 10.2 Å². The average molecular weight is 411 g/mol. The van der Waals surface area contributed by atoms with Crippen LogP contribution >= 0.6 is 15.9 Å². The summed E-state index contributed by atoms with van der Waals surface area (Å²) in [5.41, 5.74) is 0.969. The Morgan fingerprint density at radius 2 is 1.80 bits per heavy atom. The number of halogens is 1. The first-order valence-corrected chi connectivity index (χ1v) is 8.06. The van der Waals surface area contributed by atoms with Crippen LogP contribution in [0.5, 0.6) is 11.5 Å². The molecule has 0 atom stereocenters. The van der Waals surface area contributed by atoms with Gasteiger partial charge in [0, 0.05) is 11.1 Å². The Hall–Kier alpha value is -2.36. The van der Waals surface area contributed by atoms with Gasteiger partial charge in [-0.1, -0.05) is 0 Å². The van der Waals surface area contributed by atoms with E-state index in [0.29, 0.717) is 33.1 Å². The molecule has 0 spiro atoms. The number of ether oxygens (including phenoxy) is 2. The molecule has 8 nitrogen and oxygen atoms in total. The van der Waals surface area contributed by atoms with E-state index in [1.807, 2.05) is 0 Å². The van der Waals surface area contributed by atoms with Gasteiger partial charge in [0.05, 0.1) is 20.3 Å². The van der Waals surface area contributed by atoms with Crippen molar-refractivity contribution in [2.24, 2.45) is 0 Å². The number of nitrogens with zero attached hydrogens (tertiary/aromatic N) is 2. The number of aliphatic hydroxyl groups excluding tert-OH is 2. The number of methoxy groups -OCH3 is 1. The summed E-state index contributed by atoms with van der Waals surface area (Å²) in [6.07, 6.45) is 0. The Bertz CT molecular complexity index is 835. The molecule has 1 aromatic carbocycles. The van der Waals surface area contributed by atoms with Gasteiger partial charge >= 0.3 is 0 Å². The Labute approximate surface area is 151 Å². The van der Waals surface area contributed by atoms with E-state index in [1.165, 1.54) is 7.11 Å². The molecule has 0 saturated carbocycles. The third-order valence-electron chi connectivity index (χ3n) is 3.38. The lowest BCUT2D eigenvalue weighted by Crippen LogP contribution is -2.04. The van der Waals surface area contributed by atoms with Crippen molar-refractivity contribution in [1.82, 2.24) is 10.2 Å². The van der Waals surface area contributed by atoms with E-state index in [2.05, 4.69) is 26.1 Å². The predicted octanol–water partition coefficient (Wildman–Crippen LogP) is 2.66. The molecule has 2 aromatic heterocycles. The van der Waals surface area contributed by atoms with E-state index in [0.717, 1.165) is 0 Å². The van der Waals surface area contributed by atoms with E-state index in [9.17, 15) is 10.2 Å². The molecular weight excluding hydrogens is 396 g/mol. The SMILES string of the molecule is COc1cc(CO)c(OCc2nnc(-c3ccc(Br)o3)o2)c(CO)c1. The summed E-state index contributed by atoms with van der Waals surface area (Å²) < 4.78 is 22.2. The quantitative estimate of drug-likeness (QED) is 0.611. The molecule has 3 aromatic rings. The lowest BCUT2D eigenvalue weighted by molar-refractivity contribution is 0.226. The molecule has 0 radical (unpaired) electrons. The average Bonchev–Trinajstić information content (AvgIpc) is 3.27. The lowest BCUT2D eigenvalue weighted by atomic mass is 10.1. The second-order valence-electron chi connectivity index (χ2n) is 4.98. The van der Waals surface area contributed by atoms with Crippen molar-refractivity contribution in [3.8, 4) is 23.1 Å². The fraction of sp³-hybridized carbons (Fsp3) is 0.250. The molecule has 9 heteroatoms. The Kier molecular flexibility index (Phi) is 5.37. The van der Waals surface area contributed by atoms with Gasteiger partial charge < -0.3 is 28.5 Å². The van der Waals surface area contributed by atoms with Crippen LogP contribution in [0.15, 0.2) is 37.8 Å². The summed E-state index contributed by atoms with van der Waals surface area (Å²) in [5.74, 6) is 1.76. The van der Waals surface area contributed by atoms with Gasteiger partial charge in [-0.25, -0.2) is 0 Å². The van der Waals surface area contributed by atoms with E-state index in [-0.39, 0.29) is 31.6 Å². The fourth-order valence-corrected chi connectivity index (χ4v) is 2.54. The highest BCUT2D eigenvalue weighted by molar-refractivity contribution is 9.10. The van der Waals surface area contributed by atoms with Gasteiger partial charge in [0.1, 0.15) is 11.5 Å². The number of benzene rings is 1. The minimum absolute atomic E-state index is 0.0266. The van der Waals surface area contributed by atoms with Crippen molar-refractivity contribution in [3.63, 3.8) is 0 Å². The van der Waals surface area contributed by atoms with Crippen molar-refractivity contribution in [1.29, 1.82) is 0 Å². The summed E-state index contributed by atoms with van der Waals surface area (Å²) in [6, 6.07) is 6.68. The predicted molar refractivity (Wildman–Crippen MR) is 88.9 cm³/mol. The summed E-state index contributed by atoms with van der Waals surface area (Å²) in [4.78, 5) is 0. The number of aliphatic hydroxyl groups is 2. The second kappa shape index (κ2) is 7.68. The highest BCUT2D eigenvalue weighted by Gasteiger charge is 2.16. The fourth-order valence-electron chi connectivity index (χ4n) is 2.24. The molecule has 0 bridgehead atoms. The maximum Gasteiger partial charge on any atom is 0.283 e. The van der Waals surface area contributed by atoms with Crippen LogP contribution in [0.1, 0.15) is 17.0 Å². The van der Waals surface area contributed by atoms with Gasteiger partial charge in [0.25, 0.3) is 11.8 Å². The van der Waals surface area contributed by atoms with Crippen LogP contribution in [0, 0.1) is 0 Å². The lowest BCUT2D eigenvalue weighted by Gasteiger charge is -2.14. The second-order valence-corrected chi connectivity index (χ2v) is 5.77. The number of hydrogen-bond donors (Lipinski definition) is 2. The molecule has 25 heavy (non-hydrogen) atoms. The zero-order chi connectivity index (χ0) is 17.8. The molecule has 0 saturated heterocycles. The topological polar surface area (TPSA) is 111 Å². The standard InChI is InChI=1S/C16H15BrN2O6/c1-22-11-4-9(6-20)15(10(5-11)7-21)23-8-14-18-19-16(25-14)12-2-3-13(17)24-12/h2-5,20-21H,6-8H2,1H3. The largest absolute Gasteiger partial charge is 0.497 e. The first kappa shape index (κ1) is 17.5. The summed E-state index contributed by atoms with van der Waals surface area (Å²) >= 11 is 3.20. The van der Waals surface area contributed by atoms with Crippen LogP contribution in [-0.4, -0.2) is 27.5 Å². The van der Waals surface area contributed by atoms with Gasteiger partial charge in [-0.3, -0.25) is 0 Å². The van der Waals surface area contributed by atoms with Crippen LogP contribution in [-0.2, 0) is 19.8 Å². The molecule has 2 N–H and O–H groups in total. The van der Waals surface area contributed by atoms with Crippen molar-refractivity contribution in [3.05, 3.63) is 46.0 Å². The molecular formula is C16H15BrN2O6. The van der Waals surface area contributed by atoms with Crippen LogP contribution < -0.4 is 9.47 Å². The van der Waals surface area contributed by atoms with E-state index < -0.39 is 0 Å². The molecule has 0 aliphatic carbocycles. The smallest absolute Gasteiger partial charge is 0.283 e. The highest BCUT2D eigenvalue weighted by atomic mass is 79.9. The number of furan rings is 1. The minimum atomic E-state index is -0.269. The Morgan fingerprint density at radius 3 is 2.36 bits per heavy atom. The molecule has 0 unspecified atom stereocenters. The van der Waals surface area contributed by atoms with Crippen molar-refractivity contribution < 1.29 is 28.5 Å². The zero-order valence-electron chi connectivity index (χ0n) is 13.2. The molecule has 0 aliphatic heterocycles. The third-order valence-corrected chi connectivity index (χ3v) is 3.81. The van der Waals surface area contributed by atoms with Gasteiger partial charge in [0.15, 0.2) is 17.0 Å². The molecule has 0 fully saturated rings. The van der Waals surface area contributed by atoms with Crippen molar-refractivity contribution in [2.45, 2.75) is 19.8 Å². The van der Waals surface area contributed by atoms with Crippen LogP contribution in [0.2, 0.25) is 0 Å². The minimum Gasteiger partial charge on any atom is -0.497 e.